The van der Waals surface area contributed by atoms with Crippen molar-refractivity contribution < 1.29 is 9.18 Å². The van der Waals surface area contributed by atoms with Crippen molar-refractivity contribution in [3.63, 3.8) is 0 Å². The number of anilines is 1. The highest BCUT2D eigenvalue weighted by molar-refractivity contribution is 5.91. The van der Waals surface area contributed by atoms with E-state index in [1.54, 1.807) is 40.0 Å². The van der Waals surface area contributed by atoms with Crippen LogP contribution in [0.25, 0.3) is 0 Å². The molecule has 2 heterocycles. The molecule has 7 heteroatoms. The zero-order valence-electron chi connectivity index (χ0n) is 14.5. The highest BCUT2D eigenvalue weighted by Gasteiger charge is 2.15. The van der Waals surface area contributed by atoms with Crippen LogP contribution in [-0.4, -0.2) is 25.5 Å². The van der Waals surface area contributed by atoms with Crippen molar-refractivity contribution in [2.45, 2.75) is 33.9 Å². The van der Waals surface area contributed by atoms with Gasteiger partial charge in [0.05, 0.1) is 29.8 Å². The fourth-order valence-corrected chi connectivity index (χ4v) is 2.70. The van der Waals surface area contributed by atoms with Gasteiger partial charge in [0.25, 0.3) is 0 Å². The van der Waals surface area contributed by atoms with Crippen molar-refractivity contribution in [3.05, 3.63) is 65.0 Å². The second kappa shape index (κ2) is 6.88. The molecule has 3 aromatic rings. The standard InChI is InChI=1S/C18H20FN5O/c1-12-8-20-23(9-12)11-17(25)21-18-13(2)22-24(14(18)3)10-15-6-4-5-7-16(15)19/h4-9H,10-11H2,1-3H3,(H,21,25). The Bertz CT molecular complexity index is 912. The van der Waals surface area contributed by atoms with Gasteiger partial charge in [-0.1, -0.05) is 18.2 Å². The van der Waals surface area contributed by atoms with Gasteiger partial charge in [0.1, 0.15) is 12.4 Å². The summed E-state index contributed by atoms with van der Waals surface area (Å²) in [5, 5.41) is 11.4. The summed E-state index contributed by atoms with van der Waals surface area (Å²) in [6.45, 7) is 6.04. The monoisotopic (exact) mass is 341 g/mol. The molecule has 1 aromatic carbocycles. The Morgan fingerprint density at radius 1 is 1.24 bits per heavy atom. The van der Waals surface area contributed by atoms with Gasteiger partial charge in [0.2, 0.25) is 5.91 Å². The molecule has 0 aliphatic carbocycles. The van der Waals surface area contributed by atoms with E-state index in [2.05, 4.69) is 15.5 Å². The third-order valence-corrected chi connectivity index (χ3v) is 3.99. The highest BCUT2D eigenvalue weighted by atomic mass is 19.1. The van der Waals surface area contributed by atoms with Crippen molar-refractivity contribution in [2.75, 3.05) is 5.32 Å². The van der Waals surface area contributed by atoms with Gasteiger partial charge in [-0.3, -0.25) is 14.2 Å². The first-order chi connectivity index (χ1) is 11.9. The van der Waals surface area contributed by atoms with Crippen LogP contribution < -0.4 is 5.32 Å². The first-order valence-electron chi connectivity index (χ1n) is 8.00. The molecule has 6 nitrogen and oxygen atoms in total. The molecular formula is C18H20FN5O. The van der Waals surface area contributed by atoms with E-state index in [4.69, 9.17) is 0 Å². The number of benzene rings is 1. The van der Waals surface area contributed by atoms with Crippen molar-refractivity contribution in [1.29, 1.82) is 0 Å². The molecule has 2 aromatic heterocycles. The van der Waals surface area contributed by atoms with E-state index >= 15 is 0 Å². The second-order valence-corrected chi connectivity index (χ2v) is 6.06. The molecule has 0 unspecified atom stereocenters. The van der Waals surface area contributed by atoms with Crippen molar-refractivity contribution in [3.8, 4) is 0 Å². The van der Waals surface area contributed by atoms with Crippen LogP contribution in [0.4, 0.5) is 10.1 Å². The molecule has 3 rings (SSSR count). The lowest BCUT2D eigenvalue weighted by Crippen LogP contribution is -2.19. The number of amides is 1. The van der Waals surface area contributed by atoms with Crippen LogP contribution in [0.2, 0.25) is 0 Å². The first kappa shape index (κ1) is 16.9. The Balaban J connectivity index is 1.75. The average Bonchev–Trinajstić information content (AvgIpc) is 3.08. The van der Waals surface area contributed by atoms with Crippen molar-refractivity contribution >= 4 is 11.6 Å². The molecule has 130 valence electrons. The van der Waals surface area contributed by atoms with Gasteiger partial charge in [-0.25, -0.2) is 4.39 Å². The Morgan fingerprint density at radius 2 is 2.00 bits per heavy atom. The first-order valence-corrected chi connectivity index (χ1v) is 8.00. The summed E-state index contributed by atoms with van der Waals surface area (Å²) in [4.78, 5) is 12.2. The Kier molecular flexibility index (Phi) is 4.65. The summed E-state index contributed by atoms with van der Waals surface area (Å²) >= 11 is 0. The van der Waals surface area contributed by atoms with Gasteiger partial charge >= 0.3 is 0 Å². The van der Waals surface area contributed by atoms with Gasteiger partial charge in [0.15, 0.2) is 0 Å². The molecule has 0 aliphatic rings. The lowest BCUT2D eigenvalue weighted by Gasteiger charge is -2.08. The maximum atomic E-state index is 13.8. The number of aromatic nitrogens is 4. The number of carbonyl (C=O) groups excluding carboxylic acids is 1. The number of rotatable bonds is 5. The quantitative estimate of drug-likeness (QED) is 0.776. The SMILES string of the molecule is Cc1cnn(CC(=O)Nc2c(C)nn(Cc3ccccc3F)c2C)c1. The minimum absolute atomic E-state index is 0.130. The molecule has 0 aliphatic heterocycles. The van der Waals surface area contributed by atoms with Crippen LogP contribution in [0.5, 0.6) is 0 Å². The van der Waals surface area contributed by atoms with Crippen LogP contribution in [0.15, 0.2) is 36.7 Å². The van der Waals surface area contributed by atoms with E-state index in [9.17, 15) is 9.18 Å². The lowest BCUT2D eigenvalue weighted by molar-refractivity contribution is -0.116. The fourth-order valence-electron chi connectivity index (χ4n) is 2.70. The number of nitrogens with one attached hydrogen (secondary N) is 1. The molecule has 25 heavy (non-hydrogen) atoms. The third kappa shape index (κ3) is 3.76. The maximum Gasteiger partial charge on any atom is 0.246 e. The summed E-state index contributed by atoms with van der Waals surface area (Å²) in [5.74, 6) is -0.450. The highest BCUT2D eigenvalue weighted by Crippen LogP contribution is 2.21. The molecule has 1 N–H and O–H groups in total. The molecule has 0 saturated heterocycles. The Morgan fingerprint density at radius 3 is 2.68 bits per heavy atom. The minimum atomic E-state index is -0.269. The molecule has 1 amide bonds. The van der Waals surface area contributed by atoms with Crippen molar-refractivity contribution in [1.82, 2.24) is 19.6 Å². The zero-order valence-corrected chi connectivity index (χ0v) is 14.5. The largest absolute Gasteiger partial charge is 0.321 e. The number of hydrogen-bond acceptors (Lipinski definition) is 3. The van der Waals surface area contributed by atoms with Crippen LogP contribution in [0.3, 0.4) is 0 Å². The summed E-state index contributed by atoms with van der Waals surface area (Å²) in [7, 11) is 0. The maximum absolute atomic E-state index is 13.8. The summed E-state index contributed by atoms with van der Waals surface area (Å²) < 4.78 is 17.1. The van der Waals surface area contributed by atoms with E-state index in [1.165, 1.54) is 6.07 Å². The van der Waals surface area contributed by atoms with Gasteiger partial charge in [-0.15, -0.1) is 0 Å². The van der Waals surface area contributed by atoms with Crippen molar-refractivity contribution in [2.24, 2.45) is 0 Å². The topological polar surface area (TPSA) is 64.7 Å². The zero-order chi connectivity index (χ0) is 18.0. The lowest BCUT2D eigenvalue weighted by atomic mass is 10.2. The number of halogens is 1. The molecule has 0 atom stereocenters. The molecule has 0 radical (unpaired) electrons. The van der Waals surface area contributed by atoms with Crippen LogP contribution >= 0.6 is 0 Å². The van der Waals surface area contributed by atoms with Gasteiger partial charge < -0.3 is 5.32 Å². The predicted molar refractivity (Wildman–Crippen MR) is 92.8 cm³/mol. The van der Waals surface area contributed by atoms with Crippen LogP contribution in [0, 0.1) is 26.6 Å². The summed E-state index contributed by atoms with van der Waals surface area (Å²) in [5.41, 5.74) is 3.69. The second-order valence-electron chi connectivity index (χ2n) is 6.06. The number of hydrogen-bond donors (Lipinski definition) is 1. The molecular weight excluding hydrogens is 321 g/mol. The smallest absolute Gasteiger partial charge is 0.246 e. The average molecular weight is 341 g/mol. The fraction of sp³-hybridized carbons (Fsp3) is 0.278. The summed E-state index contributed by atoms with van der Waals surface area (Å²) in [6, 6.07) is 6.60. The molecule has 0 spiro atoms. The normalized spacial score (nSPS) is 10.9. The van der Waals surface area contributed by atoms with Gasteiger partial charge in [-0.2, -0.15) is 10.2 Å². The van der Waals surface area contributed by atoms with Gasteiger partial charge in [0, 0.05) is 11.8 Å². The number of carbonyl (C=O) groups is 1. The van der Waals surface area contributed by atoms with E-state index < -0.39 is 0 Å². The van der Waals surface area contributed by atoms with Gasteiger partial charge in [-0.05, 0) is 32.4 Å². The van der Waals surface area contributed by atoms with E-state index in [0.29, 0.717) is 23.5 Å². The predicted octanol–water partition coefficient (Wildman–Crippen LogP) is 2.83. The Labute approximate surface area is 145 Å². The minimum Gasteiger partial charge on any atom is -0.321 e. The summed E-state index contributed by atoms with van der Waals surface area (Å²) in [6.07, 6.45) is 3.51. The number of aryl methyl sites for hydroxylation is 2. The van der Waals surface area contributed by atoms with E-state index in [-0.39, 0.29) is 18.3 Å². The van der Waals surface area contributed by atoms with Crippen LogP contribution in [0.1, 0.15) is 22.5 Å². The molecule has 0 fully saturated rings. The molecule has 0 bridgehead atoms. The van der Waals surface area contributed by atoms with E-state index in [1.807, 2.05) is 20.8 Å². The van der Waals surface area contributed by atoms with Crippen LogP contribution in [-0.2, 0) is 17.9 Å². The molecule has 0 saturated carbocycles. The number of nitrogens with zero attached hydrogens (tertiary/aromatic N) is 4. The Hall–Kier alpha value is -2.96. The third-order valence-electron chi connectivity index (χ3n) is 3.99. The van der Waals surface area contributed by atoms with E-state index in [0.717, 1.165) is 11.3 Å².